The molecule has 0 bridgehead atoms. The molecule has 1 N–H and O–H groups in total. The van der Waals surface area contributed by atoms with E-state index in [0.717, 1.165) is 77.0 Å². The predicted molar refractivity (Wildman–Crippen MR) is 92.8 cm³/mol. The molecule has 2 fully saturated rings. The summed E-state index contributed by atoms with van der Waals surface area (Å²) >= 11 is 0. The molecule has 2 aliphatic rings. The van der Waals surface area contributed by atoms with Gasteiger partial charge >= 0.3 is 5.97 Å². The molecule has 136 valence electrons. The SMILES string of the molecule is CC(=O)C1(CCCCCC(=O)CCCCCC2(C(=O)O)CC2)CC1. The van der Waals surface area contributed by atoms with E-state index >= 15 is 0 Å². The normalized spacial score (nSPS) is 19.7. The van der Waals surface area contributed by atoms with Crippen LogP contribution in [0.25, 0.3) is 0 Å². The van der Waals surface area contributed by atoms with Crippen molar-refractivity contribution in [1.29, 1.82) is 0 Å². The van der Waals surface area contributed by atoms with Crippen molar-refractivity contribution in [2.75, 3.05) is 0 Å². The fraction of sp³-hybridized carbons (Fsp3) is 0.850. The van der Waals surface area contributed by atoms with Gasteiger partial charge in [0.15, 0.2) is 0 Å². The zero-order chi connectivity index (χ0) is 17.6. The van der Waals surface area contributed by atoms with E-state index in [9.17, 15) is 14.4 Å². The highest BCUT2D eigenvalue weighted by Gasteiger charge is 2.49. The molecule has 2 aliphatic carbocycles. The second kappa shape index (κ2) is 8.26. The van der Waals surface area contributed by atoms with Crippen LogP contribution in [-0.4, -0.2) is 22.6 Å². The lowest BCUT2D eigenvalue weighted by molar-refractivity contribution is -0.143. The van der Waals surface area contributed by atoms with Gasteiger partial charge in [-0.05, 0) is 58.3 Å². The van der Waals surface area contributed by atoms with Gasteiger partial charge in [0.2, 0.25) is 0 Å². The molecule has 0 aromatic rings. The van der Waals surface area contributed by atoms with Gasteiger partial charge in [-0.25, -0.2) is 0 Å². The number of carbonyl (C=O) groups is 3. The van der Waals surface area contributed by atoms with Gasteiger partial charge in [-0.2, -0.15) is 0 Å². The Balaban J connectivity index is 1.42. The van der Waals surface area contributed by atoms with Crippen LogP contribution >= 0.6 is 0 Å². The smallest absolute Gasteiger partial charge is 0.309 e. The number of hydrogen-bond donors (Lipinski definition) is 1. The minimum absolute atomic E-state index is 0.0128. The molecule has 0 aromatic carbocycles. The first-order valence-electron chi connectivity index (χ1n) is 9.66. The summed E-state index contributed by atoms with van der Waals surface area (Å²) in [5, 5.41) is 9.10. The third-order valence-electron chi connectivity index (χ3n) is 6.13. The van der Waals surface area contributed by atoms with Crippen LogP contribution in [0.15, 0.2) is 0 Å². The molecule has 2 saturated carbocycles. The molecule has 0 saturated heterocycles. The van der Waals surface area contributed by atoms with Crippen LogP contribution in [0, 0.1) is 10.8 Å². The van der Waals surface area contributed by atoms with Crippen molar-refractivity contribution in [1.82, 2.24) is 0 Å². The standard InChI is InChI=1S/C20H32O4/c1-16(21)19(12-13-19)10-6-2-4-8-17(22)9-5-3-7-11-20(14-15-20)18(23)24/h2-15H2,1H3,(H,23,24). The maximum absolute atomic E-state index is 11.9. The topological polar surface area (TPSA) is 71.4 Å². The lowest BCUT2D eigenvalue weighted by Gasteiger charge is -2.10. The summed E-state index contributed by atoms with van der Waals surface area (Å²) in [6, 6.07) is 0. The quantitative estimate of drug-likeness (QED) is 0.467. The van der Waals surface area contributed by atoms with E-state index < -0.39 is 11.4 Å². The first-order chi connectivity index (χ1) is 11.4. The van der Waals surface area contributed by atoms with E-state index in [1.54, 1.807) is 6.92 Å². The molecule has 24 heavy (non-hydrogen) atoms. The van der Waals surface area contributed by atoms with Crippen LogP contribution in [-0.2, 0) is 14.4 Å². The summed E-state index contributed by atoms with van der Waals surface area (Å²) in [7, 11) is 0. The fourth-order valence-corrected chi connectivity index (χ4v) is 3.70. The van der Waals surface area contributed by atoms with Crippen LogP contribution in [0.3, 0.4) is 0 Å². The number of ketones is 2. The van der Waals surface area contributed by atoms with Crippen molar-refractivity contribution in [2.45, 2.75) is 96.8 Å². The Morgan fingerprint density at radius 1 is 0.750 bits per heavy atom. The zero-order valence-corrected chi connectivity index (χ0v) is 15.1. The molecule has 0 atom stereocenters. The summed E-state index contributed by atoms with van der Waals surface area (Å²) < 4.78 is 0. The van der Waals surface area contributed by atoms with Gasteiger partial charge in [-0.15, -0.1) is 0 Å². The molecule has 0 aliphatic heterocycles. The molecule has 0 unspecified atom stereocenters. The van der Waals surface area contributed by atoms with Crippen molar-refractivity contribution in [3.63, 3.8) is 0 Å². The van der Waals surface area contributed by atoms with E-state index in [1.165, 1.54) is 0 Å². The molecule has 2 rings (SSSR count). The highest BCUT2D eigenvalue weighted by Crippen LogP contribution is 2.51. The minimum atomic E-state index is -0.642. The van der Waals surface area contributed by atoms with Crippen LogP contribution in [0.5, 0.6) is 0 Å². The Labute approximate surface area is 145 Å². The third kappa shape index (κ3) is 5.42. The van der Waals surface area contributed by atoms with Crippen molar-refractivity contribution >= 4 is 17.5 Å². The summed E-state index contributed by atoms with van der Waals surface area (Å²) in [6.45, 7) is 1.71. The van der Waals surface area contributed by atoms with Crippen molar-refractivity contribution in [3.05, 3.63) is 0 Å². The maximum Gasteiger partial charge on any atom is 0.309 e. The van der Waals surface area contributed by atoms with Crippen molar-refractivity contribution in [2.24, 2.45) is 10.8 Å². The number of aliphatic carboxylic acids is 1. The van der Waals surface area contributed by atoms with Gasteiger partial charge in [-0.3, -0.25) is 14.4 Å². The Bertz CT molecular complexity index is 430. The average molecular weight is 336 g/mol. The molecular weight excluding hydrogens is 304 g/mol. The van der Waals surface area contributed by atoms with Crippen LogP contribution in [0.2, 0.25) is 0 Å². The van der Waals surface area contributed by atoms with Crippen molar-refractivity contribution < 1.29 is 19.5 Å². The minimum Gasteiger partial charge on any atom is -0.481 e. The highest BCUT2D eigenvalue weighted by atomic mass is 16.4. The Kier molecular flexibility index (Phi) is 6.59. The Morgan fingerprint density at radius 2 is 1.21 bits per heavy atom. The molecule has 0 aromatic heterocycles. The second-order valence-electron chi connectivity index (χ2n) is 8.08. The molecule has 0 heterocycles. The number of unbranched alkanes of at least 4 members (excludes halogenated alkanes) is 4. The Hall–Kier alpha value is -1.19. The lowest BCUT2D eigenvalue weighted by atomic mass is 9.94. The van der Waals surface area contributed by atoms with Gasteiger partial charge in [0, 0.05) is 18.3 Å². The van der Waals surface area contributed by atoms with Gasteiger partial charge < -0.3 is 5.11 Å². The molecule has 4 heteroatoms. The van der Waals surface area contributed by atoms with Gasteiger partial charge in [-0.1, -0.05) is 25.7 Å². The number of Topliss-reactive ketones (excluding diaryl/α,β-unsaturated/α-hetero) is 2. The number of rotatable bonds is 14. The van der Waals surface area contributed by atoms with Gasteiger partial charge in [0.25, 0.3) is 0 Å². The second-order valence-corrected chi connectivity index (χ2v) is 8.08. The molecule has 0 amide bonds. The average Bonchev–Trinajstić information content (AvgIpc) is 3.42. The van der Waals surface area contributed by atoms with Crippen molar-refractivity contribution in [3.8, 4) is 0 Å². The summed E-state index contributed by atoms with van der Waals surface area (Å²) in [4.78, 5) is 34.4. The molecule has 0 radical (unpaired) electrons. The maximum atomic E-state index is 11.9. The number of carboxylic acids is 1. The number of carboxylic acid groups (broad SMARTS) is 1. The van der Waals surface area contributed by atoms with Crippen LogP contribution in [0.4, 0.5) is 0 Å². The lowest BCUT2D eigenvalue weighted by Crippen LogP contribution is -2.14. The molecular formula is C20H32O4. The summed E-state index contributed by atoms with van der Waals surface area (Å²) in [6.07, 6.45) is 12.7. The first-order valence-corrected chi connectivity index (χ1v) is 9.66. The summed E-state index contributed by atoms with van der Waals surface area (Å²) in [5.41, 5.74) is -0.401. The third-order valence-corrected chi connectivity index (χ3v) is 6.13. The van der Waals surface area contributed by atoms with E-state index in [2.05, 4.69) is 0 Å². The Morgan fingerprint density at radius 3 is 1.58 bits per heavy atom. The number of carbonyl (C=O) groups excluding carboxylic acids is 2. The molecule has 4 nitrogen and oxygen atoms in total. The fourth-order valence-electron chi connectivity index (χ4n) is 3.70. The number of hydrogen-bond acceptors (Lipinski definition) is 3. The zero-order valence-electron chi connectivity index (χ0n) is 15.1. The summed E-state index contributed by atoms with van der Waals surface area (Å²) in [5.74, 6) is 0.0350. The largest absolute Gasteiger partial charge is 0.481 e. The molecule has 0 spiro atoms. The van der Waals surface area contributed by atoms with E-state index in [0.29, 0.717) is 24.4 Å². The van der Waals surface area contributed by atoms with Crippen LogP contribution in [0.1, 0.15) is 96.8 Å². The van der Waals surface area contributed by atoms with E-state index in [4.69, 9.17) is 5.11 Å². The van der Waals surface area contributed by atoms with Crippen LogP contribution < -0.4 is 0 Å². The van der Waals surface area contributed by atoms with E-state index in [1.807, 2.05) is 0 Å². The van der Waals surface area contributed by atoms with Gasteiger partial charge in [0.1, 0.15) is 11.6 Å². The van der Waals surface area contributed by atoms with Gasteiger partial charge in [0.05, 0.1) is 5.41 Å². The first kappa shape index (κ1) is 19.1. The van der Waals surface area contributed by atoms with E-state index in [-0.39, 0.29) is 5.41 Å². The monoisotopic (exact) mass is 336 g/mol. The predicted octanol–water partition coefficient (Wildman–Crippen LogP) is 4.69. The highest BCUT2D eigenvalue weighted by molar-refractivity contribution is 5.84.